The molecule has 4 amide bonds. The molecule has 0 aliphatic heterocycles. The number of aliphatic carboxylic acids is 1. The number of hydrogen-bond donors (Lipinski definition) is 9. The number of fused-ring (bicyclic) bond motifs is 2. The summed E-state index contributed by atoms with van der Waals surface area (Å²) < 4.78 is 0. The number of amides is 4. The molecule has 2 aromatic heterocycles. The molecular formula is C29H33N7O6S. The average Bonchev–Trinajstić information content (AvgIpc) is 3.58. The first kappa shape index (κ1) is 31.1. The highest BCUT2D eigenvalue weighted by Gasteiger charge is 2.31. The van der Waals surface area contributed by atoms with Gasteiger partial charge in [-0.25, -0.2) is 4.79 Å². The maximum absolute atomic E-state index is 13.8. The fourth-order valence-corrected chi connectivity index (χ4v) is 5.03. The molecule has 0 radical (unpaired) electrons. The molecule has 4 atom stereocenters. The molecule has 4 rings (SSSR count). The first-order valence-electron chi connectivity index (χ1n) is 13.5. The van der Waals surface area contributed by atoms with Crippen molar-refractivity contribution in [3.8, 4) is 0 Å². The van der Waals surface area contributed by atoms with Crippen molar-refractivity contribution in [2.24, 2.45) is 11.5 Å². The third kappa shape index (κ3) is 7.72. The summed E-state index contributed by atoms with van der Waals surface area (Å²) in [7, 11) is 0. The Morgan fingerprint density at radius 1 is 0.744 bits per heavy atom. The smallest absolute Gasteiger partial charge is 0.327 e. The monoisotopic (exact) mass is 607 g/mol. The molecule has 0 aliphatic carbocycles. The molecule has 0 saturated carbocycles. The molecular weight excluding hydrogens is 574 g/mol. The van der Waals surface area contributed by atoms with E-state index in [-0.39, 0.29) is 18.6 Å². The lowest BCUT2D eigenvalue weighted by atomic mass is 10.0. The van der Waals surface area contributed by atoms with Gasteiger partial charge >= 0.3 is 5.97 Å². The maximum Gasteiger partial charge on any atom is 0.327 e. The van der Waals surface area contributed by atoms with Gasteiger partial charge < -0.3 is 42.5 Å². The molecule has 0 saturated heterocycles. The number of para-hydroxylation sites is 2. The van der Waals surface area contributed by atoms with E-state index >= 15 is 0 Å². The van der Waals surface area contributed by atoms with Crippen LogP contribution in [0.1, 0.15) is 17.5 Å². The van der Waals surface area contributed by atoms with Crippen molar-refractivity contribution in [3.63, 3.8) is 0 Å². The number of carboxylic acids is 1. The zero-order chi connectivity index (χ0) is 31.1. The minimum Gasteiger partial charge on any atom is -0.480 e. The molecule has 2 heterocycles. The lowest BCUT2D eigenvalue weighted by Crippen LogP contribution is -2.58. The van der Waals surface area contributed by atoms with Crippen LogP contribution in [0.15, 0.2) is 60.9 Å². The Kier molecular flexibility index (Phi) is 10.1. The minimum absolute atomic E-state index is 0.00936. The van der Waals surface area contributed by atoms with Crippen LogP contribution in [0.25, 0.3) is 21.8 Å². The predicted octanol–water partition coefficient (Wildman–Crippen LogP) is 0.106. The molecule has 226 valence electrons. The molecule has 14 heteroatoms. The fraction of sp³-hybridized carbons (Fsp3) is 0.276. The van der Waals surface area contributed by atoms with Gasteiger partial charge in [0.1, 0.15) is 18.1 Å². The van der Waals surface area contributed by atoms with Gasteiger partial charge in [0.25, 0.3) is 0 Å². The van der Waals surface area contributed by atoms with Crippen molar-refractivity contribution in [2.75, 3.05) is 5.75 Å². The zero-order valence-corrected chi connectivity index (χ0v) is 23.9. The maximum atomic E-state index is 13.8. The van der Waals surface area contributed by atoms with Crippen molar-refractivity contribution < 1.29 is 29.1 Å². The molecule has 0 fully saturated rings. The molecule has 10 N–H and O–H groups in total. The number of benzene rings is 2. The van der Waals surface area contributed by atoms with Crippen molar-refractivity contribution >= 4 is 64.0 Å². The van der Waals surface area contributed by atoms with Crippen molar-refractivity contribution in [3.05, 3.63) is 72.1 Å². The number of aromatic nitrogens is 2. The van der Waals surface area contributed by atoms with Gasteiger partial charge in [0.15, 0.2) is 0 Å². The number of hydrogen-bond acceptors (Lipinski definition) is 7. The van der Waals surface area contributed by atoms with Gasteiger partial charge in [0.2, 0.25) is 23.6 Å². The van der Waals surface area contributed by atoms with E-state index in [4.69, 9.17) is 11.5 Å². The fourth-order valence-electron chi connectivity index (χ4n) is 4.78. The quantitative estimate of drug-likeness (QED) is 0.0898. The van der Waals surface area contributed by atoms with E-state index in [1.165, 1.54) is 0 Å². The second-order valence-electron chi connectivity index (χ2n) is 10.1. The van der Waals surface area contributed by atoms with Crippen LogP contribution in [-0.4, -0.2) is 74.6 Å². The summed E-state index contributed by atoms with van der Waals surface area (Å²) in [5, 5.41) is 18.8. The number of carbonyl (C=O) groups excluding carboxylic acids is 4. The minimum atomic E-state index is -1.30. The molecule has 0 aliphatic rings. The number of carbonyl (C=O) groups is 5. The van der Waals surface area contributed by atoms with Gasteiger partial charge in [0, 0.05) is 52.8 Å². The Labute approximate surface area is 251 Å². The van der Waals surface area contributed by atoms with E-state index in [9.17, 15) is 29.1 Å². The van der Waals surface area contributed by atoms with Crippen LogP contribution in [0.3, 0.4) is 0 Å². The highest BCUT2D eigenvalue weighted by molar-refractivity contribution is 7.80. The Bertz CT molecular complexity index is 1650. The number of thiol groups is 1. The van der Waals surface area contributed by atoms with Gasteiger partial charge in [-0.1, -0.05) is 36.4 Å². The predicted molar refractivity (Wildman–Crippen MR) is 163 cm³/mol. The molecule has 0 bridgehead atoms. The van der Waals surface area contributed by atoms with Crippen LogP contribution in [0, 0.1) is 0 Å². The van der Waals surface area contributed by atoms with Crippen LogP contribution in [0.4, 0.5) is 0 Å². The van der Waals surface area contributed by atoms with Crippen LogP contribution < -0.4 is 27.4 Å². The summed E-state index contributed by atoms with van der Waals surface area (Å²) in [6.07, 6.45) is 3.01. The molecule has 4 unspecified atom stereocenters. The number of primary amides is 1. The van der Waals surface area contributed by atoms with E-state index in [2.05, 4.69) is 38.5 Å². The standard InChI is InChI=1S/C29H33N7O6S/c30-19(11-25(31)37)26(38)34-22(9-15-12-32-20-7-3-1-5-17(15)20)27(39)35-23(28(40)36-24(14-43)29(41)42)10-16-13-33-21-8-4-2-6-18(16)21/h1-8,12-13,19,22-24,32-33,43H,9-11,14,30H2,(H2,31,37)(H,34,38)(H,35,39)(H,36,40)(H,41,42). The number of nitrogens with one attached hydrogen (secondary N) is 5. The SMILES string of the molecule is NC(=O)CC(N)C(=O)NC(Cc1c[nH]c2ccccc12)C(=O)NC(Cc1c[nH]c2ccccc12)C(=O)NC(CS)C(=O)O. The van der Waals surface area contributed by atoms with Gasteiger partial charge in [-0.3, -0.25) is 19.2 Å². The Balaban J connectivity index is 1.63. The Hall–Kier alpha value is -4.82. The summed E-state index contributed by atoms with van der Waals surface area (Å²) in [5.41, 5.74) is 14.1. The van der Waals surface area contributed by atoms with Crippen LogP contribution in [0.2, 0.25) is 0 Å². The zero-order valence-electron chi connectivity index (χ0n) is 23.0. The number of H-pyrrole nitrogens is 2. The van der Waals surface area contributed by atoms with Crippen molar-refractivity contribution in [1.29, 1.82) is 0 Å². The third-order valence-corrected chi connectivity index (χ3v) is 7.38. The molecule has 13 nitrogen and oxygen atoms in total. The topological polar surface area (TPSA) is 225 Å². The van der Waals surface area contributed by atoms with Gasteiger partial charge in [-0.05, 0) is 23.3 Å². The number of carboxylic acid groups (broad SMARTS) is 1. The van der Waals surface area contributed by atoms with Crippen LogP contribution >= 0.6 is 12.6 Å². The van der Waals surface area contributed by atoms with Gasteiger partial charge in [-0.15, -0.1) is 0 Å². The average molecular weight is 608 g/mol. The second-order valence-corrected chi connectivity index (χ2v) is 10.5. The lowest BCUT2D eigenvalue weighted by Gasteiger charge is -2.25. The van der Waals surface area contributed by atoms with Crippen molar-refractivity contribution in [2.45, 2.75) is 43.4 Å². The summed E-state index contributed by atoms with van der Waals surface area (Å²) in [4.78, 5) is 69.2. The number of nitrogens with two attached hydrogens (primary N) is 2. The number of rotatable bonds is 14. The largest absolute Gasteiger partial charge is 0.480 e. The molecule has 43 heavy (non-hydrogen) atoms. The first-order valence-corrected chi connectivity index (χ1v) is 14.1. The Morgan fingerprint density at radius 2 is 1.19 bits per heavy atom. The first-order chi connectivity index (χ1) is 20.6. The lowest BCUT2D eigenvalue weighted by molar-refractivity contribution is -0.141. The Morgan fingerprint density at radius 3 is 1.63 bits per heavy atom. The van der Waals surface area contributed by atoms with Crippen molar-refractivity contribution in [1.82, 2.24) is 25.9 Å². The van der Waals surface area contributed by atoms with E-state index in [0.717, 1.165) is 21.8 Å². The highest BCUT2D eigenvalue weighted by atomic mass is 32.1. The third-order valence-electron chi connectivity index (χ3n) is 7.02. The van der Waals surface area contributed by atoms with E-state index in [1.807, 2.05) is 48.5 Å². The normalized spacial score (nSPS) is 14.0. The van der Waals surface area contributed by atoms with E-state index < -0.39 is 60.2 Å². The van der Waals surface area contributed by atoms with Crippen LogP contribution in [0.5, 0.6) is 0 Å². The highest BCUT2D eigenvalue weighted by Crippen LogP contribution is 2.21. The van der Waals surface area contributed by atoms with Crippen LogP contribution in [-0.2, 0) is 36.8 Å². The summed E-state index contributed by atoms with van der Waals surface area (Å²) >= 11 is 4.01. The summed E-state index contributed by atoms with van der Waals surface area (Å²) in [6.45, 7) is 0. The van der Waals surface area contributed by atoms with Gasteiger partial charge in [0.05, 0.1) is 12.5 Å². The second kappa shape index (κ2) is 13.9. The summed E-state index contributed by atoms with van der Waals surface area (Å²) in [5.74, 6) is -4.49. The molecule has 2 aromatic carbocycles. The number of aromatic amines is 2. The van der Waals surface area contributed by atoms with E-state index in [0.29, 0.717) is 11.1 Å². The van der Waals surface area contributed by atoms with E-state index in [1.54, 1.807) is 12.4 Å². The van der Waals surface area contributed by atoms with Gasteiger partial charge in [-0.2, -0.15) is 12.6 Å². The molecule has 0 spiro atoms. The summed E-state index contributed by atoms with van der Waals surface area (Å²) in [6, 6.07) is 9.74. The molecule has 4 aromatic rings.